The maximum atomic E-state index is 12.5. The van der Waals surface area contributed by atoms with Gasteiger partial charge in [0.25, 0.3) is 0 Å². The molecule has 108 valence electrons. The third kappa shape index (κ3) is 1.87. The molecule has 2 N–H and O–H groups in total. The van der Waals surface area contributed by atoms with Gasteiger partial charge in [-0.05, 0) is 36.4 Å². The Kier molecular flexibility index (Phi) is 2.43. The summed E-state index contributed by atoms with van der Waals surface area (Å²) in [5.74, 6) is -1.39. The third-order valence-corrected chi connectivity index (χ3v) is 3.36. The van der Waals surface area contributed by atoms with Gasteiger partial charge < -0.3 is 8.83 Å². The molecule has 0 radical (unpaired) electrons. The van der Waals surface area contributed by atoms with Crippen LogP contribution in [0.25, 0.3) is 22.2 Å². The number of benzene rings is 2. The molecule has 0 aliphatic carbocycles. The SMILES string of the molecule is O=C(c1ccc2oc(=O)[nH]c2c1)c1ccc2oc(=O)[nH]c2c1. The van der Waals surface area contributed by atoms with Crippen molar-refractivity contribution in [3.63, 3.8) is 0 Å². The molecule has 2 aromatic heterocycles. The largest absolute Gasteiger partial charge is 0.417 e. The normalized spacial score (nSPS) is 11.3. The molecule has 7 nitrogen and oxygen atoms in total. The van der Waals surface area contributed by atoms with Gasteiger partial charge in [0, 0.05) is 11.1 Å². The van der Waals surface area contributed by atoms with Crippen molar-refractivity contribution in [1.82, 2.24) is 9.97 Å². The quantitative estimate of drug-likeness (QED) is 0.548. The number of carbonyl (C=O) groups excluding carboxylic acids is 1. The number of H-pyrrole nitrogens is 2. The summed E-state index contributed by atoms with van der Waals surface area (Å²) in [7, 11) is 0. The van der Waals surface area contributed by atoms with Gasteiger partial charge >= 0.3 is 11.5 Å². The first-order valence-electron chi connectivity index (χ1n) is 6.40. The number of oxazole rings is 2. The van der Waals surface area contributed by atoms with Gasteiger partial charge in [-0.3, -0.25) is 14.8 Å². The van der Waals surface area contributed by atoms with E-state index in [1.165, 1.54) is 0 Å². The van der Waals surface area contributed by atoms with E-state index in [-0.39, 0.29) is 5.78 Å². The van der Waals surface area contributed by atoms with Crippen LogP contribution in [-0.4, -0.2) is 15.8 Å². The first-order valence-corrected chi connectivity index (χ1v) is 6.40. The summed E-state index contributed by atoms with van der Waals surface area (Å²) in [5.41, 5.74) is 2.47. The molecule has 2 aromatic carbocycles. The lowest BCUT2D eigenvalue weighted by Gasteiger charge is -2.01. The highest BCUT2D eigenvalue weighted by Crippen LogP contribution is 2.18. The van der Waals surface area contributed by atoms with Gasteiger partial charge in [-0.15, -0.1) is 0 Å². The number of nitrogens with one attached hydrogen (secondary N) is 2. The Bertz CT molecular complexity index is 1050. The molecule has 2 heterocycles. The Morgan fingerprint density at radius 1 is 0.773 bits per heavy atom. The Hall–Kier alpha value is -3.35. The molecule has 0 bridgehead atoms. The zero-order valence-electron chi connectivity index (χ0n) is 11.0. The molecular weight excluding hydrogens is 288 g/mol. The van der Waals surface area contributed by atoms with Crippen molar-refractivity contribution in [3.05, 3.63) is 68.6 Å². The van der Waals surface area contributed by atoms with E-state index < -0.39 is 11.5 Å². The minimum Gasteiger partial charge on any atom is -0.408 e. The van der Waals surface area contributed by atoms with E-state index in [2.05, 4.69) is 9.97 Å². The first-order chi connectivity index (χ1) is 10.6. The monoisotopic (exact) mass is 296 g/mol. The van der Waals surface area contributed by atoms with Crippen molar-refractivity contribution in [3.8, 4) is 0 Å². The molecule has 0 atom stereocenters. The second-order valence-corrected chi connectivity index (χ2v) is 4.78. The van der Waals surface area contributed by atoms with E-state index in [0.29, 0.717) is 33.3 Å². The van der Waals surface area contributed by atoms with E-state index in [1.807, 2.05) is 0 Å². The van der Waals surface area contributed by atoms with Gasteiger partial charge in [-0.1, -0.05) is 0 Å². The van der Waals surface area contributed by atoms with Crippen LogP contribution in [0.2, 0.25) is 0 Å². The zero-order valence-corrected chi connectivity index (χ0v) is 11.0. The molecule has 7 heteroatoms. The smallest absolute Gasteiger partial charge is 0.408 e. The fourth-order valence-electron chi connectivity index (χ4n) is 2.35. The van der Waals surface area contributed by atoms with Crippen LogP contribution in [0.5, 0.6) is 0 Å². The second kappa shape index (κ2) is 4.32. The van der Waals surface area contributed by atoms with E-state index >= 15 is 0 Å². The van der Waals surface area contributed by atoms with Crippen LogP contribution in [0, 0.1) is 0 Å². The van der Waals surface area contributed by atoms with Gasteiger partial charge in [-0.25, -0.2) is 9.59 Å². The summed E-state index contributed by atoms with van der Waals surface area (Å²) in [5, 5.41) is 0. The van der Waals surface area contributed by atoms with Crippen molar-refractivity contribution in [2.75, 3.05) is 0 Å². The van der Waals surface area contributed by atoms with Crippen molar-refractivity contribution in [2.24, 2.45) is 0 Å². The van der Waals surface area contributed by atoms with Crippen LogP contribution in [-0.2, 0) is 0 Å². The molecular formula is C15H8N2O5. The highest BCUT2D eigenvalue weighted by molar-refractivity contribution is 6.11. The van der Waals surface area contributed by atoms with Crippen LogP contribution in [0.1, 0.15) is 15.9 Å². The lowest BCUT2D eigenvalue weighted by Crippen LogP contribution is -2.01. The summed E-state index contributed by atoms with van der Waals surface area (Å²) >= 11 is 0. The van der Waals surface area contributed by atoms with Crippen molar-refractivity contribution in [2.45, 2.75) is 0 Å². The summed E-state index contributed by atoms with van der Waals surface area (Å²) in [6.07, 6.45) is 0. The molecule has 0 unspecified atom stereocenters. The maximum Gasteiger partial charge on any atom is 0.417 e. The maximum absolute atomic E-state index is 12.5. The predicted molar refractivity (Wildman–Crippen MR) is 77.1 cm³/mol. The molecule has 0 spiro atoms. The second-order valence-electron chi connectivity index (χ2n) is 4.78. The molecule has 0 amide bonds. The Morgan fingerprint density at radius 2 is 1.23 bits per heavy atom. The van der Waals surface area contributed by atoms with Crippen LogP contribution in [0.15, 0.2) is 54.8 Å². The number of hydrogen-bond donors (Lipinski definition) is 2. The number of rotatable bonds is 2. The number of hydrogen-bond acceptors (Lipinski definition) is 5. The van der Waals surface area contributed by atoms with Gasteiger partial charge in [0.15, 0.2) is 16.9 Å². The summed E-state index contributed by atoms with van der Waals surface area (Å²) in [4.78, 5) is 39.8. The Balaban J connectivity index is 1.82. The molecule has 0 aliphatic heterocycles. The fraction of sp³-hybridized carbons (Fsp3) is 0. The molecule has 0 fully saturated rings. The molecule has 0 saturated carbocycles. The topological polar surface area (TPSA) is 109 Å². The highest BCUT2D eigenvalue weighted by Gasteiger charge is 2.13. The molecule has 0 aliphatic rings. The lowest BCUT2D eigenvalue weighted by atomic mass is 10.0. The van der Waals surface area contributed by atoms with Crippen LogP contribution in [0.4, 0.5) is 0 Å². The average Bonchev–Trinajstić information content (AvgIpc) is 3.04. The third-order valence-electron chi connectivity index (χ3n) is 3.36. The number of carbonyl (C=O) groups is 1. The van der Waals surface area contributed by atoms with Crippen LogP contribution < -0.4 is 11.5 Å². The minimum atomic E-state index is -0.572. The van der Waals surface area contributed by atoms with Crippen molar-refractivity contribution in [1.29, 1.82) is 0 Å². The van der Waals surface area contributed by atoms with Crippen LogP contribution >= 0.6 is 0 Å². The predicted octanol–water partition coefficient (Wildman–Crippen LogP) is 1.79. The molecule has 4 rings (SSSR count). The standard InChI is InChI=1S/C15H8N2O5/c18-13(7-1-3-11-9(5-7)16-14(19)21-11)8-2-4-12-10(6-8)17-15(20)22-12/h1-6H,(H,16,19)(H,17,20). The molecule has 0 saturated heterocycles. The van der Waals surface area contributed by atoms with Gasteiger partial charge in [0.05, 0.1) is 11.0 Å². The molecule has 4 aromatic rings. The summed E-state index contributed by atoms with van der Waals surface area (Å²) in [6.45, 7) is 0. The first kappa shape index (κ1) is 12.4. The van der Waals surface area contributed by atoms with Crippen molar-refractivity contribution < 1.29 is 13.6 Å². The van der Waals surface area contributed by atoms with E-state index in [1.54, 1.807) is 36.4 Å². The summed E-state index contributed by atoms with van der Waals surface area (Å²) in [6, 6.07) is 9.35. The van der Waals surface area contributed by atoms with Crippen molar-refractivity contribution >= 4 is 28.0 Å². The number of aromatic nitrogens is 2. The van der Waals surface area contributed by atoms with E-state index in [9.17, 15) is 14.4 Å². The molecule has 22 heavy (non-hydrogen) atoms. The highest BCUT2D eigenvalue weighted by atomic mass is 16.4. The Labute approximate surface area is 121 Å². The van der Waals surface area contributed by atoms with E-state index in [4.69, 9.17) is 8.83 Å². The summed E-state index contributed by atoms with van der Waals surface area (Å²) < 4.78 is 9.79. The number of ketones is 1. The fourth-order valence-corrected chi connectivity index (χ4v) is 2.35. The van der Waals surface area contributed by atoms with Gasteiger partial charge in [0.1, 0.15) is 0 Å². The number of aromatic amines is 2. The zero-order chi connectivity index (χ0) is 15.3. The van der Waals surface area contributed by atoms with Gasteiger partial charge in [0.2, 0.25) is 0 Å². The lowest BCUT2D eigenvalue weighted by molar-refractivity contribution is 0.103. The minimum absolute atomic E-state index is 0.243. The Morgan fingerprint density at radius 3 is 1.68 bits per heavy atom. The van der Waals surface area contributed by atoms with Crippen LogP contribution in [0.3, 0.4) is 0 Å². The van der Waals surface area contributed by atoms with Gasteiger partial charge in [-0.2, -0.15) is 0 Å². The number of fused-ring (bicyclic) bond motifs is 2. The van der Waals surface area contributed by atoms with E-state index in [0.717, 1.165) is 0 Å². The average molecular weight is 296 g/mol.